The molecule has 2 heterocycles. The number of rotatable bonds is 6. The maximum absolute atomic E-state index is 11.6. The van der Waals surface area contributed by atoms with Gasteiger partial charge in [0.25, 0.3) is 0 Å². The highest BCUT2D eigenvalue weighted by Gasteiger charge is 2.10. The van der Waals surface area contributed by atoms with Crippen LogP contribution in [0, 0.1) is 0 Å². The van der Waals surface area contributed by atoms with E-state index in [1.165, 1.54) is 18.9 Å². The minimum atomic E-state index is -0.273. The molecule has 0 aliphatic heterocycles. The Morgan fingerprint density at radius 2 is 2.21 bits per heavy atom. The summed E-state index contributed by atoms with van der Waals surface area (Å²) in [4.78, 5) is 19.6. The summed E-state index contributed by atoms with van der Waals surface area (Å²) in [5.74, 6) is 0.188. The van der Waals surface area contributed by atoms with Crippen molar-refractivity contribution in [3.8, 4) is 0 Å². The summed E-state index contributed by atoms with van der Waals surface area (Å²) in [6.45, 7) is 0.204. The van der Waals surface area contributed by atoms with Gasteiger partial charge in [-0.15, -0.1) is 5.10 Å². The second kappa shape index (κ2) is 6.81. The molecule has 0 fully saturated rings. The Kier molecular flexibility index (Phi) is 4.81. The monoisotopic (exact) mass is 281 g/mol. The maximum atomic E-state index is 11.6. The molecule has 0 unspecified atom stereocenters. The fourth-order valence-electron chi connectivity index (χ4n) is 1.13. The van der Waals surface area contributed by atoms with Crippen molar-refractivity contribution in [2.45, 2.75) is 11.8 Å². The quantitative estimate of drug-likeness (QED) is 0.610. The Morgan fingerprint density at radius 1 is 1.42 bits per heavy atom. The van der Waals surface area contributed by atoms with Gasteiger partial charge >= 0.3 is 6.01 Å². The largest absolute Gasteiger partial charge is 0.405 e. The third-order valence-electron chi connectivity index (χ3n) is 1.86. The molecule has 100 valence electrons. The molecule has 0 saturated carbocycles. The molecule has 0 saturated heterocycles. The Labute approximate surface area is 113 Å². The van der Waals surface area contributed by atoms with Crippen molar-refractivity contribution >= 4 is 23.7 Å². The van der Waals surface area contributed by atoms with Crippen LogP contribution in [0.5, 0.6) is 0 Å². The topological polar surface area (TPSA) is 103 Å². The molecule has 8 nitrogen and oxygen atoms in total. The summed E-state index contributed by atoms with van der Waals surface area (Å²) in [6, 6.07) is 1.76. The number of carbonyl (C=O) groups is 1. The van der Waals surface area contributed by atoms with Crippen LogP contribution < -0.4 is 5.32 Å². The fourth-order valence-corrected chi connectivity index (χ4v) is 1.73. The van der Waals surface area contributed by atoms with Crippen LogP contribution in [0.3, 0.4) is 0 Å². The van der Waals surface area contributed by atoms with Crippen LogP contribution in [0.25, 0.3) is 0 Å². The Hall–Kier alpha value is -2.00. The number of hydrogen-bond donors (Lipinski definition) is 1. The molecule has 9 heteroatoms. The van der Waals surface area contributed by atoms with E-state index < -0.39 is 0 Å². The lowest BCUT2D eigenvalue weighted by Crippen LogP contribution is -2.14. The lowest BCUT2D eigenvalue weighted by molar-refractivity contribution is -0.113. The summed E-state index contributed by atoms with van der Waals surface area (Å²) in [7, 11) is 1.51. The van der Waals surface area contributed by atoms with Gasteiger partial charge in [-0.3, -0.25) is 10.1 Å². The summed E-state index contributed by atoms with van der Waals surface area (Å²) in [6.07, 6.45) is 3.23. The van der Waals surface area contributed by atoms with Crippen molar-refractivity contribution in [2.75, 3.05) is 18.2 Å². The van der Waals surface area contributed by atoms with Gasteiger partial charge in [0.1, 0.15) is 6.61 Å². The third kappa shape index (κ3) is 4.30. The van der Waals surface area contributed by atoms with E-state index >= 15 is 0 Å². The number of amides is 1. The Morgan fingerprint density at radius 3 is 2.95 bits per heavy atom. The second-order valence-electron chi connectivity index (χ2n) is 3.30. The van der Waals surface area contributed by atoms with Gasteiger partial charge in [0, 0.05) is 19.5 Å². The highest BCUT2D eigenvalue weighted by Crippen LogP contribution is 2.12. The number of methoxy groups -OCH3 is 1. The van der Waals surface area contributed by atoms with Crippen LogP contribution in [0.2, 0.25) is 0 Å². The van der Waals surface area contributed by atoms with Gasteiger partial charge in [0.05, 0.1) is 5.75 Å². The molecule has 0 aliphatic carbocycles. The number of nitrogens with zero attached hydrogens (tertiary/aromatic N) is 4. The minimum Gasteiger partial charge on any atom is -0.405 e. The van der Waals surface area contributed by atoms with Crippen molar-refractivity contribution in [1.29, 1.82) is 0 Å². The number of hydrogen-bond acceptors (Lipinski definition) is 8. The molecule has 0 spiro atoms. The Bertz CT molecular complexity index is 533. The average molecular weight is 281 g/mol. The standard InChI is InChI=1S/C10H11N5O3S/c1-17-5-8-14-15-9(18-8)13-7(16)6-19-10-11-3-2-4-12-10/h2-4H,5-6H2,1H3,(H,13,15,16). The zero-order chi connectivity index (χ0) is 13.5. The van der Waals surface area contributed by atoms with Crippen LogP contribution in [0.15, 0.2) is 28.0 Å². The van der Waals surface area contributed by atoms with Crippen molar-refractivity contribution < 1.29 is 13.9 Å². The van der Waals surface area contributed by atoms with E-state index in [4.69, 9.17) is 9.15 Å². The van der Waals surface area contributed by atoms with E-state index in [2.05, 4.69) is 25.5 Å². The number of ether oxygens (including phenoxy) is 1. The van der Waals surface area contributed by atoms with Crippen molar-refractivity contribution in [1.82, 2.24) is 20.2 Å². The molecule has 19 heavy (non-hydrogen) atoms. The summed E-state index contributed by atoms with van der Waals surface area (Å²) >= 11 is 1.22. The molecule has 0 bridgehead atoms. The molecule has 1 amide bonds. The van der Waals surface area contributed by atoms with Crippen molar-refractivity contribution in [3.05, 3.63) is 24.4 Å². The van der Waals surface area contributed by atoms with E-state index in [9.17, 15) is 4.79 Å². The summed E-state index contributed by atoms with van der Waals surface area (Å²) in [5.41, 5.74) is 0. The molecule has 0 aliphatic rings. The fraction of sp³-hybridized carbons (Fsp3) is 0.300. The summed E-state index contributed by atoms with van der Waals surface area (Å²) < 4.78 is 9.95. The SMILES string of the molecule is COCc1nnc(NC(=O)CSc2ncccn2)o1. The molecular formula is C10H11N5O3S. The summed E-state index contributed by atoms with van der Waals surface area (Å²) in [5, 5.41) is 10.4. The van der Waals surface area contributed by atoms with Crippen LogP contribution in [0.1, 0.15) is 5.89 Å². The molecule has 0 radical (unpaired) electrons. The van der Waals surface area contributed by atoms with Crippen molar-refractivity contribution in [2.24, 2.45) is 0 Å². The molecule has 0 atom stereocenters. The van der Waals surface area contributed by atoms with Gasteiger partial charge in [0.15, 0.2) is 5.16 Å². The molecule has 0 aromatic carbocycles. The van der Waals surface area contributed by atoms with Crippen LogP contribution in [-0.4, -0.2) is 38.9 Å². The van der Waals surface area contributed by atoms with Crippen molar-refractivity contribution in [3.63, 3.8) is 0 Å². The van der Waals surface area contributed by atoms with E-state index in [0.29, 0.717) is 11.0 Å². The maximum Gasteiger partial charge on any atom is 0.322 e. The number of aromatic nitrogens is 4. The van der Waals surface area contributed by atoms with E-state index in [-0.39, 0.29) is 24.3 Å². The van der Waals surface area contributed by atoms with Gasteiger partial charge in [-0.2, -0.15) is 0 Å². The van der Waals surface area contributed by atoms with E-state index in [1.807, 2.05) is 0 Å². The number of nitrogens with one attached hydrogen (secondary N) is 1. The molecule has 2 aromatic heterocycles. The van der Waals surface area contributed by atoms with Gasteiger partial charge in [-0.05, 0) is 6.07 Å². The van der Waals surface area contributed by atoms with E-state index in [0.717, 1.165) is 0 Å². The van der Waals surface area contributed by atoms with Gasteiger partial charge in [0.2, 0.25) is 11.8 Å². The molecular weight excluding hydrogens is 270 g/mol. The molecule has 1 N–H and O–H groups in total. The average Bonchev–Trinajstić information content (AvgIpc) is 2.85. The zero-order valence-electron chi connectivity index (χ0n) is 10.1. The lowest BCUT2D eigenvalue weighted by Gasteiger charge is -1.99. The highest BCUT2D eigenvalue weighted by atomic mass is 32.2. The highest BCUT2D eigenvalue weighted by molar-refractivity contribution is 7.99. The number of thioether (sulfide) groups is 1. The third-order valence-corrected chi connectivity index (χ3v) is 2.73. The predicted molar refractivity (Wildman–Crippen MR) is 66.4 cm³/mol. The first kappa shape index (κ1) is 13.4. The first-order valence-electron chi connectivity index (χ1n) is 5.29. The first-order valence-corrected chi connectivity index (χ1v) is 6.27. The second-order valence-corrected chi connectivity index (χ2v) is 4.24. The minimum absolute atomic E-state index is 0.0478. The predicted octanol–water partition coefficient (Wildman–Crippen LogP) is 0.737. The van der Waals surface area contributed by atoms with Gasteiger partial charge in [-0.25, -0.2) is 9.97 Å². The van der Waals surface area contributed by atoms with E-state index in [1.54, 1.807) is 18.5 Å². The molecule has 2 rings (SSSR count). The first-order chi connectivity index (χ1) is 9.28. The smallest absolute Gasteiger partial charge is 0.322 e. The number of carbonyl (C=O) groups excluding carboxylic acids is 1. The molecule has 2 aromatic rings. The van der Waals surface area contributed by atoms with Crippen LogP contribution >= 0.6 is 11.8 Å². The van der Waals surface area contributed by atoms with Crippen LogP contribution in [-0.2, 0) is 16.1 Å². The Balaban J connectivity index is 1.80. The van der Waals surface area contributed by atoms with Crippen LogP contribution in [0.4, 0.5) is 6.01 Å². The number of anilines is 1. The normalized spacial score (nSPS) is 10.4. The lowest BCUT2D eigenvalue weighted by atomic mass is 10.7. The van der Waals surface area contributed by atoms with Gasteiger partial charge in [-0.1, -0.05) is 16.9 Å². The van der Waals surface area contributed by atoms with Gasteiger partial charge < -0.3 is 9.15 Å². The zero-order valence-corrected chi connectivity index (χ0v) is 10.9.